The quantitative estimate of drug-likeness (QED) is 0.142. The molecule has 0 saturated heterocycles. The summed E-state index contributed by atoms with van der Waals surface area (Å²) in [7, 11) is -11.6. The van der Waals surface area contributed by atoms with Crippen LogP contribution in [0.1, 0.15) is 21.6 Å². The number of esters is 1. The van der Waals surface area contributed by atoms with Gasteiger partial charge in [-0.15, -0.1) is 10.1 Å². The zero-order valence-corrected chi connectivity index (χ0v) is 18.3. The number of carbonyl (C=O) groups excluding carboxylic acids is 1. The molecular formula is C17H17N3O11P2. The molecule has 16 heteroatoms. The van der Waals surface area contributed by atoms with Crippen molar-refractivity contribution < 1.29 is 48.2 Å². The molecule has 3 aromatic rings. The van der Waals surface area contributed by atoms with Crippen molar-refractivity contribution in [3.63, 3.8) is 0 Å². The number of ether oxygens (including phenoxy) is 1. The molecule has 0 spiro atoms. The first-order chi connectivity index (χ1) is 15.3. The Labute approximate surface area is 184 Å². The molecule has 14 nitrogen and oxygen atoms in total. The first-order valence-corrected chi connectivity index (χ1v) is 12.2. The average Bonchev–Trinajstić information content (AvgIpc) is 3.13. The Bertz CT molecular complexity index is 1260. The number of carbonyl (C=O) groups is 1. The molecule has 0 fully saturated rings. The minimum absolute atomic E-state index is 0.0303. The zero-order chi connectivity index (χ0) is 24.4. The lowest BCUT2D eigenvalue weighted by molar-refractivity contribution is -0.763. The van der Waals surface area contributed by atoms with Crippen molar-refractivity contribution in [3.8, 4) is 0 Å². The van der Waals surface area contributed by atoms with Gasteiger partial charge in [-0.05, 0) is 29.8 Å². The number of imidazole rings is 1. The topological polar surface area (TPSA) is 211 Å². The van der Waals surface area contributed by atoms with E-state index in [9.17, 15) is 43.6 Å². The number of hydrogen-bond acceptors (Lipinski definition) is 8. The first kappa shape index (κ1) is 24.5. The highest BCUT2D eigenvalue weighted by Crippen LogP contribution is 2.70. The summed E-state index contributed by atoms with van der Waals surface area (Å²) in [4.78, 5) is 70.8. The lowest BCUT2D eigenvalue weighted by Gasteiger charge is -2.33. The normalized spacial score (nSPS) is 12.5. The molecule has 4 N–H and O–H groups in total. The Morgan fingerprint density at radius 1 is 1.09 bits per heavy atom. The van der Waals surface area contributed by atoms with Crippen LogP contribution in [0.15, 0.2) is 54.9 Å². The van der Waals surface area contributed by atoms with Gasteiger partial charge in [0.15, 0.2) is 0 Å². The van der Waals surface area contributed by atoms with Gasteiger partial charge >= 0.3 is 26.2 Å². The van der Waals surface area contributed by atoms with Gasteiger partial charge in [0.1, 0.15) is 12.3 Å². The van der Waals surface area contributed by atoms with E-state index in [1.807, 2.05) is 0 Å². The van der Waals surface area contributed by atoms with E-state index < -0.39 is 44.4 Å². The van der Waals surface area contributed by atoms with Crippen LogP contribution in [-0.4, -0.2) is 45.1 Å². The predicted molar refractivity (Wildman–Crippen MR) is 109 cm³/mol. The maximum atomic E-state index is 12.7. The van der Waals surface area contributed by atoms with Crippen molar-refractivity contribution >= 4 is 26.8 Å². The summed E-state index contributed by atoms with van der Waals surface area (Å²) in [6.07, 6.45) is 1.55. The fraction of sp³-hybridized carbons (Fsp3) is 0.176. The van der Waals surface area contributed by atoms with Crippen LogP contribution < -0.4 is 0 Å². The van der Waals surface area contributed by atoms with Crippen molar-refractivity contribution in [2.45, 2.75) is 18.1 Å². The highest BCUT2D eigenvalue weighted by atomic mass is 31.2. The van der Waals surface area contributed by atoms with Gasteiger partial charge in [-0.25, -0.2) is 9.78 Å². The second kappa shape index (κ2) is 9.02. The van der Waals surface area contributed by atoms with Gasteiger partial charge in [0.25, 0.3) is 5.09 Å². The first-order valence-electron chi connectivity index (χ1n) is 8.96. The number of aromatic nitrogens is 2. The van der Waals surface area contributed by atoms with E-state index in [1.54, 1.807) is 18.2 Å². The Morgan fingerprint density at radius 3 is 2.30 bits per heavy atom. The van der Waals surface area contributed by atoms with Gasteiger partial charge in [0.05, 0.1) is 12.0 Å². The van der Waals surface area contributed by atoms with Gasteiger partial charge < -0.3 is 33.5 Å². The highest BCUT2D eigenvalue weighted by Gasteiger charge is 2.64. The summed E-state index contributed by atoms with van der Waals surface area (Å²) in [6.45, 7) is -0.425. The van der Waals surface area contributed by atoms with E-state index in [1.165, 1.54) is 22.7 Å². The Balaban J connectivity index is 1.98. The molecule has 1 aromatic carbocycles. The van der Waals surface area contributed by atoms with Gasteiger partial charge in [0, 0.05) is 18.1 Å². The molecule has 176 valence electrons. The monoisotopic (exact) mass is 501 g/mol. The maximum absolute atomic E-state index is 12.7. The molecule has 2 aromatic heterocycles. The molecular weight excluding hydrogens is 484 g/mol. The molecule has 0 aliphatic heterocycles. The van der Waals surface area contributed by atoms with Gasteiger partial charge in [-0.3, -0.25) is 9.13 Å². The van der Waals surface area contributed by atoms with Gasteiger partial charge in [-0.1, -0.05) is 18.2 Å². The van der Waals surface area contributed by atoms with Crippen LogP contribution in [-0.2, 0) is 31.7 Å². The van der Waals surface area contributed by atoms with Crippen molar-refractivity contribution in [3.05, 3.63) is 81.8 Å². The molecule has 0 saturated carbocycles. The average molecular weight is 501 g/mol. The highest BCUT2D eigenvalue weighted by molar-refractivity contribution is 7.72. The summed E-state index contributed by atoms with van der Waals surface area (Å²) >= 11 is 0. The van der Waals surface area contributed by atoms with Crippen molar-refractivity contribution in [2.75, 3.05) is 0 Å². The van der Waals surface area contributed by atoms with Gasteiger partial charge in [-0.2, -0.15) is 0 Å². The Morgan fingerprint density at radius 2 is 1.73 bits per heavy atom. The third kappa shape index (κ3) is 5.11. The van der Waals surface area contributed by atoms with E-state index >= 15 is 0 Å². The van der Waals surface area contributed by atoms with Crippen LogP contribution in [0, 0.1) is 10.1 Å². The van der Waals surface area contributed by atoms with E-state index in [0.29, 0.717) is 5.65 Å². The second-order valence-corrected chi connectivity index (χ2v) is 10.7. The van der Waals surface area contributed by atoms with E-state index in [-0.39, 0.29) is 16.8 Å². The van der Waals surface area contributed by atoms with Crippen LogP contribution in [0.4, 0.5) is 0 Å². The number of pyridine rings is 1. The lowest BCUT2D eigenvalue weighted by Crippen LogP contribution is -2.38. The van der Waals surface area contributed by atoms with Crippen LogP contribution in [0.25, 0.3) is 5.65 Å². The van der Waals surface area contributed by atoms with E-state index in [4.69, 9.17) is 4.74 Å². The number of fused-ring (bicyclic) bond motifs is 1. The smallest absolute Gasteiger partial charge is 0.381 e. The zero-order valence-electron chi connectivity index (χ0n) is 16.5. The van der Waals surface area contributed by atoms with E-state index in [2.05, 4.69) is 9.82 Å². The minimum Gasteiger partial charge on any atom is -0.429 e. The minimum atomic E-state index is -5.80. The molecule has 2 heterocycles. The second-order valence-electron chi connectivity index (χ2n) is 6.77. The third-order valence-corrected chi connectivity index (χ3v) is 8.48. The summed E-state index contributed by atoms with van der Waals surface area (Å²) in [6, 6.07) is 9.41. The number of benzene rings is 1. The molecule has 0 aliphatic carbocycles. The van der Waals surface area contributed by atoms with Crippen molar-refractivity contribution in [2.24, 2.45) is 0 Å². The largest absolute Gasteiger partial charge is 0.429 e. The fourth-order valence-electron chi connectivity index (χ4n) is 2.95. The van der Waals surface area contributed by atoms with Gasteiger partial charge in [0.2, 0.25) is 0 Å². The molecule has 0 unspecified atom stereocenters. The molecule has 33 heavy (non-hydrogen) atoms. The summed E-state index contributed by atoms with van der Waals surface area (Å²) in [5.74, 6) is -1.43. The molecule has 0 radical (unpaired) electrons. The summed E-state index contributed by atoms with van der Waals surface area (Å²) < 4.78 is 30.9. The van der Waals surface area contributed by atoms with Crippen LogP contribution in [0.5, 0.6) is 0 Å². The molecule has 3 rings (SSSR count). The molecule has 0 atom stereocenters. The third-order valence-electron chi connectivity index (χ3n) is 4.60. The van der Waals surface area contributed by atoms with Crippen LogP contribution in [0.2, 0.25) is 0 Å². The standard InChI is InChI=1S/C17H17N3O11P2/c21-16(13-6-4-12(5-7-13)11-30-20(22)23)31-17(32(24,25)26,33(27,28)29)9-14-10-18-15-3-1-2-8-19(14)15/h1-8,10H,9,11H2,(H2,24,25,26)(H2,27,28,29). The number of rotatable bonds is 9. The Hall–Kier alpha value is -3.12. The SMILES string of the molecule is O=C(OC(Cc1cnc2ccccn12)(P(=O)(O)O)P(=O)(O)O)c1ccc(CO[N+](=O)[O-])cc1. The number of hydrogen-bond donors (Lipinski definition) is 4. The van der Waals surface area contributed by atoms with Crippen molar-refractivity contribution in [1.82, 2.24) is 9.38 Å². The summed E-state index contributed by atoms with van der Waals surface area (Å²) in [5.41, 5.74) is 0.267. The number of nitrogens with zero attached hydrogens (tertiary/aromatic N) is 3. The van der Waals surface area contributed by atoms with Crippen molar-refractivity contribution in [1.29, 1.82) is 0 Å². The molecule has 0 aliphatic rings. The fourth-order valence-corrected chi connectivity index (χ4v) is 5.45. The molecule has 0 amide bonds. The Kier molecular flexibility index (Phi) is 6.70. The molecule has 0 bridgehead atoms. The van der Waals surface area contributed by atoms with Crippen LogP contribution in [0.3, 0.4) is 0 Å². The van der Waals surface area contributed by atoms with Crippen LogP contribution >= 0.6 is 15.2 Å². The summed E-state index contributed by atoms with van der Waals surface area (Å²) in [5, 5.41) is 5.71. The maximum Gasteiger partial charge on any atom is 0.381 e. The van der Waals surface area contributed by atoms with E-state index in [0.717, 1.165) is 18.3 Å². The predicted octanol–water partition coefficient (Wildman–Crippen LogP) is 1.45. The lowest BCUT2D eigenvalue weighted by atomic mass is 10.1.